The number of nitrogens with zero attached hydrogens (tertiary/aromatic N) is 1. The van der Waals surface area contributed by atoms with Gasteiger partial charge in [0.15, 0.2) is 6.61 Å². The Balaban J connectivity index is 2.26. The highest BCUT2D eigenvalue weighted by Crippen LogP contribution is 2.28. The second-order valence-electron chi connectivity index (χ2n) is 7.72. The Morgan fingerprint density at radius 3 is 2.10 bits per heavy atom. The third-order valence-corrected chi connectivity index (χ3v) is 6.07. The standard InChI is InChI=1S/C23H27Cl3N2O3/c1-13(2)27-23(30)16(5)28(11-18-19(24)7-6-8-20(18)25)21(29)12-31-17-9-14(3)22(26)15(4)10-17/h6-10,13,16H,11-12H2,1-5H3,(H,27,30)/t16-/m1/s1. The van der Waals surface area contributed by atoms with Crippen LogP contribution in [0, 0.1) is 13.8 Å². The summed E-state index contributed by atoms with van der Waals surface area (Å²) in [6.07, 6.45) is 0. The van der Waals surface area contributed by atoms with Crippen LogP contribution in [0.5, 0.6) is 5.75 Å². The summed E-state index contributed by atoms with van der Waals surface area (Å²) in [6.45, 7) is 8.94. The first-order valence-corrected chi connectivity index (χ1v) is 11.1. The molecule has 0 radical (unpaired) electrons. The summed E-state index contributed by atoms with van der Waals surface area (Å²) in [5, 5.41) is 4.34. The van der Waals surface area contributed by atoms with Gasteiger partial charge in [-0.25, -0.2) is 0 Å². The maximum absolute atomic E-state index is 13.1. The summed E-state index contributed by atoms with van der Waals surface area (Å²) in [5.74, 6) is -0.111. The lowest BCUT2D eigenvalue weighted by molar-refractivity contribution is -0.142. The number of halogens is 3. The number of ether oxygens (including phenoxy) is 1. The zero-order valence-corrected chi connectivity index (χ0v) is 20.5. The molecule has 168 valence electrons. The second-order valence-corrected chi connectivity index (χ2v) is 8.91. The van der Waals surface area contributed by atoms with Gasteiger partial charge in [0.2, 0.25) is 5.91 Å². The first-order chi connectivity index (χ1) is 14.5. The van der Waals surface area contributed by atoms with E-state index in [-0.39, 0.29) is 31.0 Å². The first kappa shape index (κ1) is 25.3. The third-order valence-electron chi connectivity index (χ3n) is 4.76. The second kappa shape index (κ2) is 11.1. The molecule has 2 aromatic carbocycles. The number of carbonyl (C=O) groups is 2. The Morgan fingerprint density at radius 1 is 1.03 bits per heavy atom. The van der Waals surface area contributed by atoms with Gasteiger partial charge in [0.1, 0.15) is 11.8 Å². The van der Waals surface area contributed by atoms with Gasteiger partial charge < -0.3 is 15.0 Å². The molecular weight excluding hydrogens is 459 g/mol. The molecular formula is C23H27Cl3N2O3. The van der Waals surface area contributed by atoms with Crippen molar-refractivity contribution in [2.45, 2.75) is 53.2 Å². The highest BCUT2D eigenvalue weighted by atomic mass is 35.5. The Morgan fingerprint density at radius 2 is 1.58 bits per heavy atom. The summed E-state index contributed by atoms with van der Waals surface area (Å²) in [4.78, 5) is 27.2. The van der Waals surface area contributed by atoms with Crippen LogP contribution in [0.15, 0.2) is 30.3 Å². The van der Waals surface area contributed by atoms with E-state index in [4.69, 9.17) is 39.5 Å². The first-order valence-electron chi connectivity index (χ1n) is 9.93. The predicted octanol–water partition coefficient (Wildman–Crippen LogP) is 5.58. The highest BCUT2D eigenvalue weighted by Gasteiger charge is 2.28. The molecule has 2 rings (SSSR count). The maximum Gasteiger partial charge on any atom is 0.261 e. The molecule has 0 heterocycles. The van der Waals surface area contributed by atoms with Crippen molar-refractivity contribution in [3.63, 3.8) is 0 Å². The van der Waals surface area contributed by atoms with Gasteiger partial charge in [0, 0.05) is 33.2 Å². The highest BCUT2D eigenvalue weighted by molar-refractivity contribution is 6.36. The molecule has 31 heavy (non-hydrogen) atoms. The lowest BCUT2D eigenvalue weighted by atomic mass is 10.1. The SMILES string of the molecule is Cc1cc(OCC(=O)N(Cc2c(Cl)cccc2Cl)[C@H](C)C(=O)NC(C)C)cc(C)c1Cl. The average molecular weight is 486 g/mol. The molecule has 2 amide bonds. The van der Waals surface area contributed by atoms with Gasteiger partial charge >= 0.3 is 0 Å². The molecule has 0 spiro atoms. The fourth-order valence-corrected chi connectivity index (χ4v) is 3.69. The Bertz CT molecular complexity index is 920. The van der Waals surface area contributed by atoms with E-state index < -0.39 is 6.04 Å². The Hall–Kier alpha value is -1.95. The Labute approximate surface area is 198 Å². The third kappa shape index (κ3) is 6.76. The molecule has 1 N–H and O–H groups in total. The molecule has 0 saturated heterocycles. The molecule has 0 saturated carbocycles. The van der Waals surface area contributed by atoms with E-state index >= 15 is 0 Å². The van der Waals surface area contributed by atoms with Gasteiger partial charge in [-0.15, -0.1) is 0 Å². The minimum absolute atomic E-state index is 0.0629. The zero-order chi connectivity index (χ0) is 23.3. The molecule has 5 nitrogen and oxygen atoms in total. The van der Waals surface area contributed by atoms with Crippen LogP contribution in [0.25, 0.3) is 0 Å². The minimum Gasteiger partial charge on any atom is -0.484 e. The topological polar surface area (TPSA) is 58.6 Å². The van der Waals surface area contributed by atoms with Crippen molar-refractivity contribution in [2.24, 2.45) is 0 Å². The fraction of sp³-hybridized carbons (Fsp3) is 0.391. The number of carbonyl (C=O) groups excluding carboxylic acids is 2. The molecule has 0 aromatic heterocycles. The molecule has 0 aliphatic heterocycles. The molecule has 2 aromatic rings. The number of nitrogens with one attached hydrogen (secondary N) is 1. The summed E-state index contributed by atoms with van der Waals surface area (Å²) >= 11 is 18.8. The molecule has 1 atom stereocenters. The fourth-order valence-electron chi connectivity index (χ4n) is 3.06. The van der Waals surface area contributed by atoms with Crippen molar-refractivity contribution in [2.75, 3.05) is 6.61 Å². The number of benzene rings is 2. The van der Waals surface area contributed by atoms with Gasteiger partial charge in [0.05, 0.1) is 0 Å². The van der Waals surface area contributed by atoms with E-state index in [0.717, 1.165) is 11.1 Å². The van der Waals surface area contributed by atoms with Crippen LogP contribution in [0.2, 0.25) is 15.1 Å². The van der Waals surface area contributed by atoms with Gasteiger partial charge in [0.25, 0.3) is 5.91 Å². The van der Waals surface area contributed by atoms with E-state index in [0.29, 0.717) is 26.4 Å². The minimum atomic E-state index is -0.750. The Kier molecular flexibility index (Phi) is 9.04. The van der Waals surface area contributed by atoms with Crippen LogP contribution >= 0.6 is 34.8 Å². The van der Waals surface area contributed by atoms with Crippen LogP contribution in [-0.2, 0) is 16.1 Å². The normalized spacial score (nSPS) is 11.9. The van der Waals surface area contributed by atoms with Crippen LogP contribution < -0.4 is 10.1 Å². The monoisotopic (exact) mass is 484 g/mol. The molecule has 0 fully saturated rings. The lowest BCUT2D eigenvalue weighted by Gasteiger charge is -2.30. The van der Waals surface area contributed by atoms with E-state index in [1.165, 1.54) is 4.90 Å². The molecule has 0 aliphatic rings. The quantitative estimate of drug-likeness (QED) is 0.531. The van der Waals surface area contributed by atoms with Crippen LogP contribution in [-0.4, -0.2) is 35.4 Å². The van der Waals surface area contributed by atoms with Gasteiger partial charge in [-0.2, -0.15) is 0 Å². The lowest BCUT2D eigenvalue weighted by Crippen LogP contribution is -2.50. The van der Waals surface area contributed by atoms with Crippen LogP contribution in [0.3, 0.4) is 0 Å². The maximum atomic E-state index is 13.1. The van der Waals surface area contributed by atoms with Crippen molar-refractivity contribution in [1.82, 2.24) is 10.2 Å². The van der Waals surface area contributed by atoms with Crippen LogP contribution in [0.1, 0.15) is 37.5 Å². The number of hydrogen-bond donors (Lipinski definition) is 1. The molecule has 0 bridgehead atoms. The number of hydrogen-bond acceptors (Lipinski definition) is 3. The number of rotatable bonds is 8. The van der Waals surface area contributed by atoms with E-state index in [9.17, 15) is 9.59 Å². The molecule has 8 heteroatoms. The number of aryl methyl sites for hydroxylation is 2. The summed E-state index contributed by atoms with van der Waals surface area (Å²) in [6, 6.07) is 7.84. The van der Waals surface area contributed by atoms with Crippen LogP contribution in [0.4, 0.5) is 0 Å². The zero-order valence-electron chi connectivity index (χ0n) is 18.3. The van der Waals surface area contributed by atoms with E-state index in [1.807, 2.05) is 27.7 Å². The summed E-state index contributed by atoms with van der Waals surface area (Å²) in [7, 11) is 0. The number of amides is 2. The van der Waals surface area contributed by atoms with E-state index in [2.05, 4.69) is 5.32 Å². The summed E-state index contributed by atoms with van der Waals surface area (Å²) < 4.78 is 5.73. The smallest absolute Gasteiger partial charge is 0.261 e. The van der Waals surface area contributed by atoms with Crippen molar-refractivity contribution in [3.8, 4) is 5.75 Å². The van der Waals surface area contributed by atoms with Gasteiger partial charge in [-0.3, -0.25) is 9.59 Å². The molecule has 0 unspecified atom stereocenters. The van der Waals surface area contributed by atoms with Crippen molar-refractivity contribution in [3.05, 3.63) is 62.1 Å². The average Bonchev–Trinajstić information content (AvgIpc) is 2.69. The predicted molar refractivity (Wildman–Crippen MR) is 126 cm³/mol. The summed E-state index contributed by atoms with van der Waals surface area (Å²) in [5.41, 5.74) is 2.28. The van der Waals surface area contributed by atoms with Crippen molar-refractivity contribution >= 4 is 46.6 Å². The van der Waals surface area contributed by atoms with Gasteiger partial charge in [-0.05, 0) is 70.0 Å². The largest absolute Gasteiger partial charge is 0.484 e. The van der Waals surface area contributed by atoms with Crippen molar-refractivity contribution in [1.29, 1.82) is 0 Å². The molecule has 0 aliphatic carbocycles. The van der Waals surface area contributed by atoms with Gasteiger partial charge in [-0.1, -0.05) is 40.9 Å². The van der Waals surface area contributed by atoms with Crippen molar-refractivity contribution < 1.29 is 14.3 Å². The van der Waals surface area contributed by atoms with E-state index in [1.54, 1.807) is 37.3 Å².